The van der Waals surface area contributed by atoms with Gasteiger partial charge in [0.15, 0.2) is 5.75 Å². The fourth-order valence-corrected chi connectivity index (χ4v) is 5.32. The zero-order chi connectivity index (χ0) is 29.4. The van der Waals surface area contributed by atoms with Crippen molar-refractivity contribution in [3.8, 4) is 17.7 Å². The minimum atomic E-state index is -0.836. The number of benzene rings is 2. The van der Waals surface area contributed by atoms with Gasteiger partial charge in [-0.2, -0.15) is 5.26 Å². The van der Waals surface area contributed by atoms with Crippen molar-refractivity contribution in [2.24, 2.45) is 5.92 Å². The molecule has 1 saturated carbocycles. The topological polar surface area (TPSA) is 84.7 Å². The van der Waals surface area contributed by atoms with E-state index in [1.807, 2.05) is 31.2 Å². The van der Waals surface area contributed by atoms with Crippen molar-refractivity contribution in [3.05, 3.63) is 86.0 Å². The lowest BCUT2D eigenvalue weighted by atomic mass is 9.99. The van der Waals surface area contributed by atoms with Crippen LogP contribution in [0.4, 0.5) is 0 Å². The molecule has 1 amide bonds. The molecule has 1 heterocycles. The summed E-state index contributed by atoms with van der Waals surface area (Å²) in [5.41, 5.74) is 3.67. The number of rotatable bonds is 14. The average Bonchev–Trinajstić information content (AvgIpc) is 3.79. The highest BCUT2D eigenvalue weighted by atomic mass is 35.5. The van der Waals surface area contributed by atoms with Crippen LogP contribution in [0.25, 0.3) is 0 Å². The second-order valence-corrected chi connectivity index (χ2v) is 11.2. The lowest BCUT2D eigenvalue weighted by Crippen LogP contribution is -2.38. The van der Waals surface area contributed by atoms with Crippen molar-refractivity contribution in [2.45, 2.75) is 45.2 Å². The van der Waals surface area contributed by atoms with Gasteiger partial charge in [0, 0.05) is 37.0 Å². The lowest BCUT2D eigenvalue weighted by molar-refractivity contribution is -0.135. The molecule has 1 aliphatic carbocycles. The first kappa shape index (κ1) is 30.9. The Kier molecular flexibility index (Phi) is 11.1. The van der Waals surface area contributed by atoms with Crippen molar-refractivity contribution in [1.29, 1.82) is 5.26 Å². The Morgan fingerprint density at radius 3 is 2.37 bits per heavy atom. The molecule has 3 aromatic rings. The minimum absolute atomic E-state index is 0.123. The molecule has 0 bridgehead atoms. The Balaban J connectivity index is 1.32. The molecule has 1 aromatic heterocycles. The van der Waals surface area contributed by atoms with Crippen LogP contribution in [0.15, 0.2) is 48.7 Å². The number of amides is 1. The molecule has 4 rings (SSSR count). The van der Waals surface area contributed by atoms with Crippen molar-refractivity contribution in [3.63, 3.8) is 0 Å². The first-order chi connectivity index (χ1) is 19.8. The maximum absolute atomic E-state index is 13.5. The van der Waals surface area contributed by atoms with Crippen LogP contribution in [0.5, 0.6) is 11.6 Å². The molecule has 1 fully saturated rings. The number of carbonyl (C=O) groups is 1. The average molecular weight is 617 g/mol. The van der Waals surface area contributed by atoms with Gasteiger partial charge in [0.2, 0.25) is 11.8 Å². The molecule has 0 spiro atoms. The van der Waals surface area contributed by atoms with Crippen LogP contribution in [-0.2, 0) is 28.9 Å². The number of hydrogen-bond donors (Lipinski definition) is 0. The minimum Gasteiger partial charge on any atom is -0.487 e. The van der Waals surface area contributed by atoms with E-state index < -0.39 is 5.92 Å². The molecular formula is C31H32Cl3N3O4. The van der Waals surface area contributed by atoms with Crippen LogP contribution in [0.2, 0.25) is 15.1 Å². The van der Waals surface area contributed by atoms with Gasteiger partial charge in [0.1, 0.15) is 19.1 Å². The van der Waals surface area contributed by atoms with E-state index in [0.29, 0.717) is 39.8 Å². The molecular weight excluding hydrogens is 585 g/mol. The third kappa shape index (κ3) is 8.73. The van der Waals surface area contributed by atoms with E-state index in [1.54, 1.807) is 36.4 Å². The maximum atomic E-state index is 13.5. The zero-order valence-corrected chi connectivity index (χ0v) is 25.3. The first-order valence-corrected chi connectivity index (χ1v) is 14.5. The van der Waals surface area contributed by atoms with Crippen molar-refractivity contribution < 1.29 is 19.0 Å². The Morgan fingerprint density at radius 2 is 1.73 bits per heavy atom. The van der Waals surface area contributed by atoms with Crippen LogP contribution in [0, 0.1) is 24.2 Å². The third-order valence-corrected chi connectivity index (χ3v) is 7.66. The SMILES string of the molecule is COCCc1ccc(Cl)c(CN(C(=O)C(C#N)Cc2ccc(OCCOc3c(Cl)cc(C)cc3Cl)nc2)C2CC2)c1. The van der Waals surface area contributed by atoms with E-state index in [-0.39, 0.29) is 31.6 Å². The van der Waals surface area contributed by atoms with Crippen molar-refractivity contribution in [2.75, 3.05) is 26.9 Å². The van der Waals surface area contributed by atoms with E-state index >= 15 is 0 Å². The highest BCUT2D eigenvalue weighted by molar-refractivity contribution is 6.37. The van der Waals surface area contributed by atoms with Gasteiger partial charge in [-0.05, 0) is 73.1 Å². The number of aryl methyl sites for hydroxylation is 1. The summed E-state index contributed by atoms with van der Waals surface area (Å²) < 4.78 is 16.5. The lowest BCUT2D eigenvalue weighted by Gasteiger charge is -2.25. The second-order valence-electron chi connectivity index (χ2n) is 10.0. The van der Waals surface area contributed by atoms with Crippen LogP contribution in [-0.4, -0.2) is 48.8 Å². The Labute approximate surface area is 255 Å². The van der Waals surface area contributed by atoms with Crippen molar-refractivity contribution in [1.82, 2.24) is 9.88 Å². The molecule has 2 aromatic carbocycles. The number of nitriles is 1. The van der Waals surface area contributed by atoms with Gasteiger partial charge >= 0.3 is 0 Å². The first-order valence-electron chi connectivity index (χ1n) is 13.4. The van der Waals surface area contributed by atoms with Gasteiger partial charge in [0.25, 0.3) is 0 Å². The van der Waals surface area contributed by atoms with E-state index in [1.165, 1.54) is 0 Å². The molecule has 0 N–H and O–H groups in total. The summed E-state index contributed by atoms with van der Waals surface area (Å²) in [6.45, 7) is 3.34. The van der Waals surface area contributed by atoms with E-state index in [2.05, 4.69) is 11.1 Å². The number of hydrogen-bond acceptors (Lipinski definition) is 6. The van der Waals surface area contributed by atoms with Gasteiger partial charge in [-0.15, -0.1) is 0 Å². The monoisotopic (exact) mass is 615 g/mol. The Hall–Kier alpha value is -3.02. The molecule has 0 saturated heterocycles. The number of aromatic nitrogens is 1. The molecule has 10 heteroatoms. The highest BCUT2D eigenvalue weighted by Gasteiger charge is 2.36. The number of carbonyl (C=O) groups excluding carboxylic acids is 1. The van der Waals surface area contributed by atoms with Crippen LogP contribution >= 0.6 is 34.8 Å². The number of ether oxygens (including phenoxy) is 3. The number of methoxy groups -OCH3 is 1. The molecule has 0 radical (unpaired) electrons. The summed E-state index contributed by atoms with van der Waals surface area (Å²) in [4.78, 5) is 19.6. The molecule has 1 unspecified atom stereocenters. The van der Waals surface area contributed by atoms with Crippen LogP contribution in [0.1, 0.15) is 35.1 Å². The standard InChI is InChI=1S/C31H32Cl3N3O4/c1-20-13-27(33)30(28(34)14-20)41-12-11-40-29-8-4-22(18-36-29)16-23(17-35)31(38)37(25-5-6-25)19-24-15-21(9-10-39-2)3-7-26(24)32/h3-4,7-8,13-15,18,23,25H,5-6,9-12,16,19H2,1-2H3. The predicted molar refractivity (Wildman–Crippen MR) is 160 cm³/mol. The van der Waals surface area contributed by atoms with Crippen LogP contribution in [0.3, 0.4) is 0 Å². The van der Waals surface area contributed by atoms with Gasteiger partial charge in [0.05, 0.1) is 22.7 Å². The predicted octanol–water partition coefficient (Wildman–Crippen LogP) is 6.87. The Morgan fingerprint density at radius 1 is 1.02 bits per heavy atom. The largest absolute Gasteiger partial charge is 0.487 e. The van der Waals surface area contributed by atoms with Gasteiger partial charge in [-0.1, -0.05) is 53.0 Å². The Bertz CT molecular complexity index is 1370. The van der Waals surface area contributed by atoms with Gasteiger partial charge < -0.3 is 19.1 Å². The summed E-state index contributed by atoms with van der Waals surface area (Å²) in [5.74, 6) is -0.212. The van der Waals surface area contributed by atoms with Gasteiger partial charge in [-0.3, -0.25) is 4.79 Å². The summed E-state index contributed by atoms with van der Waals surface area (Å²) in [6.07, 6.45) is 4.48. The molecule has 1 atom stereocenters. The third-order valence-electron chi connectivity index (χ3n) is 6.73. The van der Waals surface area contributed by atoms with Crippen molar-refractivity contribution >= 4 is 40.7 Å². The van der Waals surface area contributed by atoms with E-state index in [4.69, 9.17) is 49.0 Å². The molecule has 0 aliphatic heterocycles. The second kappa shape index (κ2) is 14.7. The fourth-order valence-electron chi connectivity index (χ4n) is 4.44. The maximum Gasteiger partial charge on any atom is 0.240 e. The summed E-state index contributed by atoms with van der Waals surface area (Å²) >= 11 is 18.9. The number of halogens is 3. The summed E-state index contributed by atoms with van der Waals surface area (Å²) in [5, 5.41) is 11.4. The van der Waals surface area contributed by atoms with Crippen LogP contribution < -0.4 is 9.47 Å². The zero-order valence-electron chi connectivity index (χ0n) is 23.0. The van der Waals surface area contributed by atoms with E-state index in [0.717, 1.165) is 41.5 Å². The number of nitrogens with zero attached hydrogens (tertiary/aromatic N) is 3. The summed E-state index contributed by atoms with van der Waals surface area (Å²) in [6, 6.07) is 15.2. The normalized spacial score (nSPS) is 13.4. The quantitative estimate of drug-likeness (QED) is 0.184. The van der Waals surface area contributed by atoms with Gasteiger partial charge in [-0.25, -0.2) is 4.98 Å². The fraction of sp³-hybridized carbons (Fsp3) is 0.387. The smallest absolute Gasteiger partial charge is 0.240 e. The number of pyridine rings is 1. The molecule has 1 aliphatic rings. The molecule has 7 nitrogen and oxygen atoms in total. The molecule has 41 heavy (non-hydrogen) atoms. The van der Waals surface area contributed by atoms with E-state index in [9.17, 15) is 10.1 Å². The summed E-state index contributed by atoms with van der Waals surface area (Å²) in [7, 11) is 1.67. The highest BCUT2D eigenvalue weighted by Crippen LogP contribution is 2.34. The molecule has 216 valence electrons.